The zero-order chi connectivity index (χ0) is 12.8. The highest BCUT2D eigenvalue weighted by molar-refractivity contribution is 5.94. The summed E-state index contributed by atoms with van der Waals surface area (Å²) in [7, 11) is 0. The third kappa shape index (κ3) is 4.20. The van der Waals surface area contributed by atoms with Crippen molar-refractivity contribution in [3.8, 4) is 18.1 Å². The van der Waals surface area contributed by atoms with Gasteiger partial charge in [-0.25, -0.2) is 0 Å². The topological polar surface area (TPSA) is 38.3 Å². The van der Waals surface area contributed by atoms with Crippen molar-refractivity contribution in [2.45, 2.75) is 32.9 Å². The van der Waals surface area contributed by atoms with Gasteiger partial charge in [0.15, 0.2) is 0 Å². The lowest BCUT2D eigenvalue weighted by Gasteiger charge is -2.11. The molecule has 1 amide bonds. The second-order valence-corrected chi connectivity index (χ2v) is 4.06. The highest BCUT2D eigenvalue weighted by atomic mass is 16.5. The molecule has 1 rings (SSSR count). The van der Waals surface area contributed by atoms with Crippen molar-refractivity contribution in [3.05, 3.63) is 29.8 Å². The summed E-state index contributed by atoms with van der Waals surface area (Å²) in [5, 5.41) is 2.70. The summed E-state index contributed by atoms with van der Waals surface area (Å²) in [5.41, 5.74) is 0.547. The Bertz CT molecular complexity index is 432. The van der Waals surface area contributed by atoms with Crippen molar-refractivity contribution >= 4 is 5.91 Å². The van der Waals surface area contributed by atoms with Gasteiger partial charge >= 0.3 is 0 Å². The van der Waals surface area contributed by atoms with Crippen molar-refractivity contribution in [1.82, 2.24) is 5.32 Å². The second kappa shape index (κ2) is 5.95. The van der Waals surface area contributed by atoms with Gasteiger partial charge in [0.25, 0.3) is 5.91 Å². The van der Waals surface area contributed by atoms with Gasteiger partial charge < -0.3 is 10.1 Å². The molecule has 1 aromatic carbocycles. The van der Waals surface area contributed by atoms with Crippen LogP contribution in [0.5, 0.6) is 5.75 Å². The van der Waals surface area contributed by atoms with Gasteiger partial charge in [0.1, 0.15) is 5.75 Å². The average molecular weight is 231 g/mol. The molecule has 1 N–H and O–H groups in total. The van der Waals surface area contributed by atoms with Gasteiger partial charge in [-0.2, -0.15) is 0 Å². The number of benzene rings is 1. The Balaban J connectivity index is 2.78. The van der Waals surface area contributed by atoms with Gasteiger partial charge in [-0.3, -0.25) is 4.79 Å². The number of carbonyl (C=O) groups excluding carboxylic acids is 1. The van der Waals surface area contributed by atoms with E-state index in [0.717, 1.165) is 0 Å². The molecule has 1 atom stereocenters. The maximum Gasteiger partial charge on any atom is 0.252 e. The third-order valence-corrected chi connectivity index (χ3v) is 2.07. The van der Waals surface area contributed by atoms with Crippen LogP contribution in [0.1, 0.15) is 31.1 Å². The first-order valence-electron chi connectivity index (χ1n) is 5.56. The van der Waals surface area contributed by atoms with E-state index in [1.165, 1.54) is 0 Å². The monoisotopic (exact) mass is 231 g/mol. The fourth-order valence-corrected chi connectivity index (χ4v) is 1.30. The number of ether oxygens (including phenoxy) is 1. The largest absolute Gasteiger partial charge is 0.491 e. The second-order valence-electron chi connectivity index (χ2n) is 4.06. The molecular weight excluding hydrogens is 214 g/mol. The minimum Gasteiger partial charge on any atom is -0.491 e. The number of amides is 1. The Labute approximate surface area is 102 Å². The molecule has 1 aromatic rings. The van der Waals surface area contributed by atoms with Gasteiger partial charge in [0, 0.05) is 5.56 Å². The predicted octanol–water partition coefficient (Wildman–Crippen LogP) is 2.23. The van der Waals surface area contributed by atoms with Crippen molar-refractivity contribution in [2.24, 2.45) is 0 Å². The molecule has 0 fully saturated rings. The van der Waals surface area contributed by atoms with E-state index >= 15 is 0 Å². The summed E-state index contributed by atoms with van der Waals surface area (Å²) in [6.45, 7) is 5.63. The number of hydrogen-bond acceptors (Lipinski definition) is 2. The molecule has 1 unspecified atom stereocenters. The fraction of sp³-hybridized carbons (Fsp3) is 0.357. The van der Waals surface area contributed by atoms with Gasteiger partial charge in [-0.15, -0.1) is 6.42 Å². The molecule has 3 heteroatoms. The highest BCUT2D eigenvalue weighted by Gasteiger charge is 2.09. The first kappa shape index (κ1) is 13.1. The van der Waals surface area contributed by atoms with E-state index in [1.807, 2.05) is 19.9 Å². The summed E-state index contributed by atoms with van der Waals surface area (Å²) in [5.74, 6) is 2.94. The number of carbonyl (C=O) groups is 1. The molecule has 0 aliphatic rings. The minimum absolute atomic E-state index is 0.0814. The molecule has 0 spiro atoms. The lowest BCUT2D eigenvalue weighted by atomic mass is 10.2. The molecule has 0 aromatic heterocycles. The van der Waals surface area contributed by atoms with Crippen LogP contribution in [0.2, 0.25) is 0 Å². The Morgan fingerprint density at radius 2 is 2.12 bits per heavy atom. The zero-order valence-electron chi connectivity index (χ0n) is 10.4. The smallest absolute Gasteiger partial charge is 0.252 e. The minimum atomic E-state index is -0.280. The molecule has 3 nitrogen and oxygen atoms in total. The maximum atomic E-state index is 11.8. The number of terminal acetylenes is 1. The van der Waals surface area contributed by atoms with Crippen LogP contribution < -0.4 is 10.1 Å². The molecule has 0 heterocycles. The quantitative estimate of drug-likeness (QED) is 0.807. The molecule has 0 saturated heterocycles. The summed E-state index contributed by atoms with van der Waals surface area (Å²) in [6, 6.07) is 6.76. The van der Waals surface area contributed by atoms with Gasteiger partial charge in [0.05, 0.1) is 12.1 Å². The third-order valence-electron chi connectivity index (χ3n) is 2.07. The Hall–Kier alpha value is -1.95. The van der Waals surface area contributed by atoms with Crippen LogP contribution in [-0.4, -0.2) is 18.1 Å². The summed E-state index contributed by atoms with van der Waals surface area (Å²) < 4.78 is 5.52. The molecule has 90 valence electrons. The highest BCUT2D eigenvalue weighted by Crippen LogP contribution is 2.14. The van der Waals surface area contributed by atoms with Crippen molar-refractivity contribution in [3.63, 3.8) is 0 Å². The van der Waals surface area contributed by atoms with E-state index in [-0.39, 0.29) is 18.1 Å². The fourth-order valence-electron chi connectivity index (χ4n) is 1.30. The van der Waals surface area contributed by atoms with Gasteiger partial charge in [-0.1, -0.05) is 12.0 Å². The van der Waals surface area contributed by atoms with E-state index in [0.29, 0.717) is 11.3 Å². The van der Waals surface area contributed by atoms with Gasteiger partial charge in [0.2, 0.25) is 0 Å². The van der Waals surface area contributed by atoms with E-state index in [9.17, 15) is 4.79 Å². The number of nitrogens with one attached hydrogen (secondary N) is 1. The number of hydrogen-bond donors (Lipinski definition) is 1. The van der Waals surface area contributed by atoms with Crippen LogP contribution in [0.15, 0.2) is 24.3 Å². The van der Waals surface area contributed by atoms with Crippen molar-refractivity contribution in [1.29, 1.82) is 0 Å². The summed E-state index contributed by atoms with van der Waals surface area (Å²) in [6.07, 6.45) is 5.29. The van der Waals surface area contributed by atoms with Crippen LogP contribution >= 0.6 is 0 Å². The lowest BCUT2D eigenvalue weighted by Crippen LogP contribution is -2.31. The van der Waals surface area contributed by atoms with E-state index in [2.05, 4.69) is 11.2 Å². The molecular formula is C14H17NO2. The Morgan fingerprint density at radius 1 is 1.41 bits per heavy atom. The standard InChI is InChI=1S/C14H17NO2/c1-5-11(4)15-14(16)12-7-6-8-13(9-12)17-10(2)3/h1,6-11H,2-4H3,(H,15,16). The van der Waals surface area contributed by atoms with Crippen LogP contribution in [0, 0.1) is 12.3 Å². The van der Waals surface area contributed by atoms with E-state index in [1.54, 1.807) is 25.1 Å². The van der Waals surface area contributed by atoms with E-state index < -0.39 is 0 Å². The molecule has 17 heavy (non-hydrogen) atoms. The first-order valence-corrected chi connectivity index (χ1v) is 5.56. The maximum absolute atomic E-state index is 11.8. The van der Waals surface area contributed by atoms with Crippen LogP contribution in [0.25, 0.3) is 0 Å². The van der Waals surface area contributed by atoms with Crippen molar-refractivity contribution in [2.75, 3.05) is 0 Å². The van der Waals surface area contributed by atoms with Gasteiger partial charge in [-0.05, 0) is 39.0 Å². The normalized spacial score (nSPS) is 11.7. The van der Waals surface area contributed by atoms with Crippen molar-refractivity contribution < 1.29 is 9.53 Å². The van der Waals surface area contributed by atoms with E-state index in [4.69, 9.17) is 11.2 Å². The lowest BCUT2D eigenvalue weighted by molar-refractivity contribution is 0.0947. The molecule has 0 bridgehead atoms. The summed E-state index contributed by atoms with van der Waals surface area (Å²) >= 11 is 0. The Morgan fingerprint density at radius 3 is 2.71 bits per heavy atom. The SMILES string of the molecule is C#CC(C)NC(=O)c1cccc(OC(C)C)c1. The zero-order valence-corrected chi connectivity index (χ0v) is 10.4. The Kier molecular flexibility index (Phi) is 4.59. The molecule has 0 aliphatic heterocycles. The summed E-state index contributed by atoms with van der Waals surface area (Å²) in [4.78, 5) is 11.8. The molecule has 0 saturated carbocycles. The molecule has 0 radical (unpaired) electrons. The van der Waals surface area contributed by atoms with Crippen LogP contribution in [0.3, 0.4) is 0 Å². The first-order chi connectivity index (χ1) is 8.02. The average Bonchev–Trinajstić information content (AvgIpc) is 2.28. The van der Waals surface area contributed by atoms with Crippen LogP contribution in [0.4, 0.5) is 0 Å². The molecule has 0 aliphatic carbocycles. The predicted molar refractivity (Wildman–Crippen MR) is 68.0 cm³/mol. The number of rotatable bonds is 4. The van der Waals surface area contributed by atoms with Crippen LogP contribution in [-0.2, 0) is 0 Å².